The number of nitrogens with zero attached hydrogens (tertiary/aromatic N) is 4. The molecule has 1 unspecified atom stereocenters. The minimum atomic E-state index is -0.126. The van der Waals surface area contributed by atoms with Crippen molar-refractivity contribution >= 4 is 34.0 Å². The third-order valence-electron chi connectivity index (χ3n) is 3.04. The van der Waals surface area contributed by atoms with E-state index in [2.05, 4.69) is 20.3 Å². The van der Waals surface area contributed by atoms with E-state index in [0.717, 1.165) is 16.3 Å². The molecule has 0 aliphatic carbocycles. The standard InChI is InChI=1S/C14H15N5OS2/c1-9-3-4-15-13(16-9)22-8-12(20)17-10(2)11-7-19-5-6-21-14(19)18-11/h3-7,10H,8H2,1-2H3,(H,17,20). The molecule has 3 rings (SSSR count). The lowest BCUT2D eigenvalue weighted by Gasteiger charge is -2.10. The van der Waals surface area contributed by atoms with Crippen molar-refractivity contribution in [2.75, 3.05) is 5.75 Å². The molecule has 114 valence electrons. The van der Waals surface area contributed by atoms with E-state index in [1.165, 1.54) is 11.8 Å². The fourth-order valence-corrected chi connectivity index (χ4v) is 3.33. The molecule has 3 aromatic heterocycles. The molecule has 1 atom stereocenters. The number of thiazole rings is 1. The summed E-state index contributed by atoms with van der Waals surface area (Å²) in [6.45, 7) is 3.83. The lowest BCUT2D eigenvalue weighted by molar-refractivity contribution is -0.119. The SMILES string of the molecule is Cc1ccnc(SCC(=O)NC(C)c2cn3ccsc3n2)n1. The van der Waals surface area contributed by atoms with Gasteiger partial charge in [-0.3, -0.25) is 9.20 Å². The van der Waals surface area contributed by atoms with Gasteiger partial charge in [0.15, 0.2) is 10.1 Å². The van der Waals surface area contributed by atoms with Crippen molar-refractivity contribution in [2.45, 2.75) is 25.0 Å². The average molecular weight is 333 g/mol. The van der Waals surface area contributed by atoms with E-state index in [0.29, 0.717) is 5.16 Å². The Balaban J connectivity index is 1.55. The van der Waals surface area contributed by atoms with Gasteiger partial charge < -0.3 is 5.32 Å². The maximum absolute atomic E-state index is 12.0. The fraction of sp³-hybridized carbons (Fsp3) is 0.286. The van der Waals surface area contributed by atoms with Gasteiger partial charge in [-0.1, -0.05) is 11.8 Å². The Morgan fingerprint density at radius 3 is 3.14 bits per heavy atom. The fourth-order valence-electron chi connectivity index (χ4n) is 1.94. The van der Waals surface area contributed by atoms with E-state index < -0.39 is 0 Å². The van der Waals surface area contributed by atoms with Crippen molar-refractivity contribution in [3.63, 3.8) is 0 Å². The summed E-state index contributed by atoms with van der Waals surface area (Å²) in [7, 11) is 0. The molecule has 1 amide bonds. The van der Waals surface area contributed by atoms with Gasteiger partial charge in [0.2, 0.25) is 5.91 Å². The maximum atomic E-state index is 12.0. The first-order valence-corrected chi connectivity index (χ1v) is 8.62. The number of imidazole rings is 1. The molecule has 22 heavy (non-hydrogen) atoms. The Morgan fingerprint density at radius 2 is 2.36 bits per heavy atom. The van der Waals surface area contributed by atoms with Gasteiger partial charge in [0.25, 0.3) is 0 Å². The minimum Gasteiger partial charge on any atom is -0.347 e. The predicted octanol–water partition coefficient (Wildman–Crippen LogP) is 2.46. The van der Waals surface area contributed by atoms with Crippen LogP contribution in [-0.2, 0) is 4.79 Å². The third kappa shape index (κ3) is 3.45. The average Bonchev–Trinajstić information content (AvgIpc) is 3.06. The molecule has 8 heteroatoms. The minimum absolute atomic E-state index is 0.0565. The van der Waals surface area contributed by atoms with E-state index >= 15 is 0 Å². The summed E-state index contributed by atoms with van der Waals surface area (Å²) < 4.78 is 1.96. The molecule has 0 spiro atoms. The molecule has 0 fully saturated rings. The van der Waals surface area contributed by atoms with Crippen LogP contribution in [0.3, 0.4) is 0 Å². The summed E-state index contributed by atoms with van der Waals surface area (Å²) >= 11 is 2.90. The molecular formula is C14H15N5OS2. The van der Waals surface area contributed by atoms with Crippen LogP contribution in [0.2, 0.25) is 0 Å². The van der Waals surface area contributed by atoms with Crippen LogP contribution in [0, 0.1) is 6.92 Å². The van der Waals surface area contributed by atoms with Gasteiger partial charge in [0.1, 0.15) is 0 Å². The van der Waals surface area contributed by atoms with Crippen molar-refractivity contribution < 1.29 is 4.79 Å². The number of fused-ring (bicyclic) bond motifs is 1. The number of amides is 1. The highest BCUT2D eigenvalue weighted by Gasteiger charge is 2.14. The van der Waals surface area contributed by atoms with Gasteiger partial charge in [-0.2, -0.15) is 0 Å². The lowest BCUT2D eigenvalue weighted by atomic mass is 10.2. The van der Waals surface area contributed by atoms with E-state index in [1.54, 1.807) is 17.5 Å². The summed E-state index contributed by atoms with van der Waals surface area (Å²) in [4.78, 5) is 25.8. The summed E-state index contributed by atoms with van der Waals surface area (Å²) in [6.07, 6.45) is 5.59. The first-order chi connectivity index (χ1) is 10.6. The lowest BCUT2D eigenvalue weighted by Crippen LogP contribution is -2.28. The maximum Gasteiger partial charge on any atom is 0.231 e. The van der Waals surface area contributed by atoms with Crippen molar-refractivity contribution in [2.24, 2.45) is 0 Å². The van der Waals surface area contributed by atoms with Gasteiger partial charge in [-0.05, 0) is 19.9 Å². The van der Waals surface area contributed by atoms with Crippen LogP contribution < -0.4 is 5.32 Å². The van der Waals surface area contributed by atoms with E-state index in [-0.39, 0.29) is 17.7 Å². The highest BCUT2D eigenvalue weighted by atomic mass is 32.2. The Labute approximate surface area is 136 Å². The van der Waals surface area contributed by atoms with E-state index in [1.807, 2.05) is 42.1 Å². The number of thioether (sulfide) groups is 1. The number of aromatic nitrogens is 4. The van der Waals surface area contributed by atoms with Crippen molar-refractivity contribution in [1.82, 2.24) is 24.7 Å². The molecular weight excluding hydrogens is 318 g/mol. The van der Waals surface area contributed by atoms with Gasteiger partial charge in [0.05, 0.1) is 17.5 Å². The van der Waals surface area contributed by atoms with Crippen molar-refractivity contribution in [1.29, 1.82) is 0 Å². The zero-order valence-corrected chi connectivity index (χ0v) is 13.8. The third-order valence-corrected chi connectivity index (χ3v) is 4.67. The molecule has 6 nitrogen and oxygen atoms in total. The van der Waals surface area contributed by atoms with Crippen LogP contribution in [0.5, 0.6) is 0 Å². The van der Waals surface area contributed by atoms with Crippen LogP contribution >= 0.6 is 23.1 Å². The second-order valence-corrected chi connectivity index (χ2v) is 6.63. The van der Waals surface area contributed by atoms with Crippen molar-refractivity contribution in [3.8, 4) is 0 Å². The summed E-state index contributed by atoms with van der Waals surface area (Å²) in [5.41, 5.74) is 1.75. The summed E-state index contributed by atoms with van der Waals surface area (Å²) in [5, 5.41) is 5.54. The molecule has 0 saturated heterocycles. The highest BCUT2D eigenvalue weighted by Crippen LogP contribution is 2.17. The quantitative estimate of drug-likeness (QED) is 0.573. The molecule has 0 aliphatic heterocycles. The van der Waals surface area contributed by atoms with Crippen LogP contribution in [0.4, 0.5) is 0 Å². The molecule has 0 bridgehead atoms. The predicted molar refractivity (Wildman–Crippen MR) is 87.1 cm³/mol. The molecule has 3 aromatic rings. The topological polar surface area (TPSA) is 72.2 Å². The van der Waals surface area contributed by atoms with Crippen molar-refractivity contribution in [3.05, 3.63) is 41.4 Å². The largest absolute Gasteiger partial charge is 0.347 e. The van der Waals surface area contributed by atoms with Crippen LogP contribution in [-0.4, -0.2) is 31.0 Å². The number of carbonyl (C=O) groups excluding carboxylic acids is 1. The van der Waals surface area contributed by atoms with E-state index in [9.17, 15) is 4.79 Å². The van der Waals surface area contributed by atoms with Gasteiger partial charge in [-0.25, -0.2) is 15.0 Å². The second-order valence-electron chi connectivity index (χ2n) is 4.82. The number of hydrogen-bond acceptors (Lipinski definition) is 6. The molecule has 3 heterocycles. The van der Waals surface area contributed by atoms with Gasteiger partial charge in [0, 0.05) is 29.7 Å². The first kappa shape index (κ1) is 15.0. The molecule has 0 saturated carbocycles. The number of hydrogen-bond donors (Lipinski definition) is 1. The van der Waals surface area contributed by atoms with E-state index in [4.69, 9.17) is 0 Å². The van der Waals surface area contributed by atoms with Gasteiger partial charge >= 0.3 is 0 Å². The molecule has 1 N–H and O–H groups in total. The zero-order chi connectivity index (χ0) is 15.5. The molecule has 0 aliphatic rings. The summed E-state index contributed by atoms with van der Waals surface area (Å²) in [5.74, 6) is 0.231. The molecule has 0 aromatic carbocycles. The second kappa shape index (κ2) is 6.45. The summed E-state index contributed by atoms with van der Waals surface area (Å²) in [6, 6.07) is 1.70. The highest BCUT2D eigenvalue weighted by molar-refractivity contribution is 7.99. The number of nitrogens with one attached hydrogen (secondary N) is 1. The number of carbonyl (C=O) groups is 1. The van der Waals surface area contributed by atoms with Crippen LogP contribution in [0.15, 0.2) is 35.2 Å². The monoisotopic (exact) mass is 333 g/mol. The Morgan fingerprint density at radius 1 is 1.50 bits per heavy atom. The Kier molecular flexibility index (Phi) is 4.39. The van der Waals surface area contributed by atoms with Gasteiger partial charge in [-0.15, -0.1) is 11.3 Å². The zero-order valence-electron chi connectivity index (χ0n) is 12.2. The van der Waals surface area contributed by atoms with Crippen LogP contribution in [0.25, 0.3) is 4.96 Å². The molecule has 0 radical (unpaired) electrons. The number of rotatable bonds is 5. The smallest absolute Gasteiger partial charge is 0.231 e. The number of aryl methyl sites for hydroxylation is 1. The normalized spacial score (nSPS) is 12.5. The first-order valence-electron chi connectivity index (χ1n) is 6.76. The Bertz CT molecular complexity index is 769. The van der Waals surface area contributed by atoms with Crippen LogP contribution in [0.1, 0.15) is 24.4 Å². The Hall–Kier alpha value is -1.93.